The van der Waals surface area contributed by atoms with E-state index < -0.39 is 0 Å². The molecule has 2 aromatic heterocycles. The molecule has 0 aliphatic heterocycles. The zero-order valence-electron chi connectivity index (χ0n) is 15.5. The number of imidazole rings is 1. The molecule has 4 rings (SSSR count). The highest BCUT2D eigenvalue weighted by atomic mass is 35.5. The molecule has 0 saturated carbocycles. The molecule has 0 atom stereocenters. The summed E-state index contributed by atoms with van der Waals surface area (Å²) in [6.07, 6.45) is 3.02. The van der Waals surface area contributed by atoms with E-state index in [0.29, 0.717) is 29.4 Å². The third-order valence-electron chi connectivity index (χ3n) is 4.62. The number of aromatic nitrogens is 2. The molecule has 4 aromatic rings. The van der Waals surface area contributed by atoms with Gasteiger partial charge < -0.3 is 5.32 Å². The second kappa shape index (κ2) is 7.87. The van der Waals surface area contributed by atoms with Crippen LogP contribution in [0.4, 0.5) is 5.82 Å². The van der Waals surface area contributed by atoms with Gasteiger partial charge in [-0.05, 0) is 48.7 Å². The van der Waals surface area contributed by atoms with Gasteiger partial charge in [0, 0.05) is 23.2 Å². The van der Waals surface area contributed by atoms with Gasteiger partial charge in [-0.15, -0.1) is 0 Å². The van der Waals surface area contributed by atoms with E-state index in [2.05, 4.69) is 5.32 Å². The predicted molar refractivity (Wildman–Crippen MR) is 114 cm³/mol. The van der Waals surface area contributed by atoms with Crippen molar-refractivity contribution in [3.05, 3.63) is 89.1 Å². The summed E-state index contributed by atoms with van der Waals surface area (Å²) in [5.74, 6) is 0.616. The van der Waals surface area contributed by atoms with Gasteiger partial charge in [-0.2, -0.15) is 0 Å². The van der Waals surface area contributed by atoms with Crippen LogP contribution >= 0.6 is 11.6 Å². The van der Waals surface area contributed by atoms with Crippen molar-refractivity contribution in [2.24, 2.45) is 0 Å². The second-order valence-corrected chi connectivity index (χ2v) is 7.22. The number of hydrogen-bond donors (Lipinski definition) is 1. The van der Waals surface area contributed by atoms with Crippen molar-refractivity contribution in [2.75, 3.05) is 5.32 Å². The molecule has 0 aliphatic rings. The number of carbonyl (C=O) groups is 1. The van der Waals surface area contributed by atoms with Gasteiger partial charge in [0.25, 0.3) is 0 Å². The van der Waals surface area contributed by atoms with E-state index in [-0.39, 0.29) is 5.91 Å². The number of nitrogens with one attached hydrogen (secondary N) is 1. The van der Waals surface area contributed by atoms with Crippen molar-refractivity contribution in [1.29, 1.82) is 0 Å². The minimum atomic E-state index is -0.0468. The van der Waals surface area contributed by atoms with Gasteiger partial charge in [-0.3, -0.25) is 9.20 Å². The Bertz CT molecular complexity index is 1140. The highest BCUT2D eigenvalue weighted by Gasteiger charge is 2.17. The van der Waals surface area contributed by atoms with Gasteiger partial charge in [-0.1, -0.05) is 54.1 Å². The van der Waals surface area contributed by atoms with E-state index >= 15 is 0 Å². The number of fused-ring (bicyclic) bond motifs is 1. The molecule has 0 unspecified atom stereocenters. The van der Waals surface area contributed by atoms with Crippen molar-refractivity contribution in [2.45, 2.75) is 19.8 Å². The van der Waals surface area contributed by atoms with Crippen molar-refractivity contribution < 1.29 is 4.79 Å². The van der Waals surface area contributed by atoms with Gasteiger partial charge >= 0.3 is 0 Å². The Balaban J connectivity index is 1.66. The average molecular weight is 390 g/mol. The topological polar surface area (TPSA) is 46.4 Å². The standard InChI is InChI=1S/C23H20ClN3O/c1-16-12-13-27-20(14-16)25-22(18-8-5-9-19(24)15-18)23(27)26-21(28)11-10-17-6-3-2-4-7-17/h2-9,12-15H,10-11H2,1H3,(H,26,28). The predicted octanol–water partition coefficient (Wildman–Crippen LogP) is 5.53. The van der Waals surface area contributed by atoms with Crippen molar-refractivity contribution >= 4 is 29.0 Å². The lowest BCUT2D eigenvalue weighted by molar-refractivity contribution is -0.116. The average Bonchev–Trinajstić information content (AvgIpc) is 3.04. The van der Waals surface area contributed by atoms with Gasteiger partial charge in [0.05, 0.1) is 0 Å². The van der Waals surface area contributed by atoms with Crippen molar-refractivity contribution in [3.8, 4) is 11.3 Å². The number of amides is 1. The summed E-state index contributed by atoms with van der Waals surface area (Å²) in [4.78, 5) is 17.4. The van der Waals surface area contributed by atoms with Crippen molar-refractivity contribution in [3.63, 3.8) is 0 Å². The first-order chi connectivity index (χ1) is 13.6. The summed E-state index contributed by atoms with van der Waals surface area (Å²) >= 11 is 6.17. The van der Waals surface area contributed by atoms with E-state index in [1.165, 1.54) is 0 Å². The fourth-order valence-electron chi connectivity index (χ4n) is 3.20. The smallest absolute Gasteiger partial charge is 0.225 e. The Morgan fingerprint density at radius 1 is 1.07 bits per heavy atom. The first kappa shape index (κ1) is 18.3. The lowest BCUT2D eigenvalue weighted by Crippen LogP contribution is -2.14. The van der Waals surface area contributed by atoms with Crippen LogP contribution in [0.5, 0.6) is 0 Å². The van der Waals surface area contributed by atoms with Crippen LogP contribution < -0.4 is 5.32 Å². The Morgan fingerprint density at radius 3 is 2.68 bits per heavy atom. The van der Waals surface area contributed by atoms with Crippen LogP contribution in [-0.2, 0) is 11.2 Å². The second-order valence-electron chi connectivity index (χ2n) is 6.79. The van der Waals surface area contributed by atoms with Gasteiger partial charge in [0.1, 0.15) is 17.2 Å². The fraction of sp³-hybridized carbons (Fsp3) is 0.130. The van der Waals surface area contributed by atoms with E-state index in [0.717, 1.165) is 22.3 Å². The van der Waals surface area contributed by atoms with E-state index in [9.17, 15) is 4.79 Å². The van der Waals surface area contributed by atoms with Crippen LogP contribution in [0.2, 0.25) is 5.02 Å². The molecule has 140 valence electrons. The van der Waals surface area contributed by atoms with E-state index in [1.807, 2.05) is 84.3 Å². The molecule has 2 heterocycles. The quantitative estimate of drug-likeness (QED) is 0.487. The zero-order chi connectivity index (χ0) is 19.5. The molecule has 4 nitrogen and oxygen atoms in total. The highest BCUT2D eigenvalue weighted by Crippen LogP contribution is 2.30. The van der Waals surface area contributed by atoms with Gasteiger partial charge in [0.15, 0.2) is 0 Å². The van der Waals surface area contributed by atoms with E-state index in [1.54, 1.807) is 0 Å². The Hall–Kier alpha value is -3.11. The Kier molecular flexibility index (Phi) is 5.13. The maximum Gasteiger partial charge on any atom is 0.225 e. The molecule has 0 spiro atoms. The molecule has 1 N–H and O–H groups in total. The van der Waals surface area contributed by atoms with E-state index in [4.69, 9.17) is 16.6 Å². The first-order valence-corrected chi connectivity index (χ1v) is 9.56. The molecule has 0 fully saturated rings. The number of rotatable bonds is 5. The number of aryl methyl sites for hydroxylation is 2. The summed E-state index contributed by atoms with van der Waals surface area (Å²) in [6.45, 7) is 2.02. The SMILES string of the molecule is Cc1ccn2c(NC(=O)CCc3ccccc3)c(-c3cccc(Cl)c3)nc2c1. The molecule has 28 heavy (non-hydrogen) atoms. The molecule has 0 saturated heterocycles. The molecule has 1 amide bonds. The fourth-order valence-corrected chi connectivity index (χ4v) is 3.39. The number of hydrogen-bond acceptors (Lipinski definition) is 2. The highest BCUT2D eigenvalue weighted by molar-refractivity contribution is 6.30. The van der Waals surface area contributed by atoms with Crippen LogP contribution in [-0.4, -0.2) is 15.3 Å². The number of nitrogens with zero attached hydrogens (tertiary/aromatic N) is 2. The monoisotopic (exact) mass is 389 g/mol. The Morgan fingerprint density at radius 2 is 1.89 bits per heavy atom. The molecule has 5 heteroatoms. The maximum atomic E-state index is 12.7. The number of halogens is 1. The number of pyridine rings is 1. The summed E-state index contributed by atoms with van der Waals surface area (Å²) < 4.78 is 1.91. The molecule has 0 radical (unpaired) electrons. The van der Waals surface area contributed by atoms with Crippen LogP contribution in [0.25, 0.3) is 16.9 Å². The number of carbonyl (C=O) groups excluding carboxylic acids is 1. The summed E-state index contributed by atoms with van der Waals surface area (Å²) in [5, 5.41) is 3.69. The number of benzene rings is 2. The van der Waals surface area contributed by atoms with Crippen LogP contribution in [0.3, 0.4) is 0 Å². The minimum absolute atomic E-state index is 0.0468. The molecular formula is C23H20ClN3O. The van der Waals surface area contributed by atoms with Gasteiger partial charge in [-0.25, -0.2) is 4.98 Å². The van der Waals surface area contributed by atoms with Crippen LogP contribution in [0.1, 0.15) is 17.5 Å². The van der Waals surface area contributed by atoms with Crippen molar-refractivity contribution in [1.82, 2.24) is 9.38 Å². The van der Waals surface area contributed by atoms with Gasteiger partial charge in [0.2, 0.25) is 5.91 Å². The summed E-state index contributed by atoms with van der Waals surface area (Å²) in [6, 6.07) is 21.5. The molecule has 0 bridgehead atoms. The maximum absolute atomic E-state index is 12.7. The largest absolute Gasteiger partial charge is 0.310 e. The number of anilines is 1. The lowest BCUT2D eigenvalue weighted by Gasteiger charge is -2.08. The van der Waals surface area contributed by atoms with Crippen LogP contribution in [0, 0.1) is 6.92 Å². The molecular weight excluding hydrogens is 370 g/mol. The van der Waals surface area contributed by atoms with Crippen LogP contribution in [0.15, 0.2) is 72.9 Å². The minimum Gasteiger partial charge on any atom is -0.310 e. The third-order valence-corrected chi connectivity index (χ3v) is 4.86. The third kappa shape index (κ3) is 3.92. The summed E-state index contributed by atoms with van der Waals surface area (Å²) in [5.41, 5.74) is 4.61. The molecule has 0 aliphatic carbocycles. The lowest BCUT2D eigenvalue weighted by atomic mass is 10.1. The molecule has 2 aromatic carbocycles. The normalized spacial score (nSPS) is 10.9. The Labute approximate surface area is 168 Å². The summed E-state index contributed by atoms with van der Waals surface area (Å²) in [7, 11) is 0. The zero-order valence-corrected chi connectivity index (χ0v) is 16.3. The first-order valence-electron chi connectivity index (χ1n) is 9.18.